The van der Waals surface area contributed by atoms with E-state index in [0.717, 1.165) is 6.07 Å². The van der Waals surface area contributed by atoms with Crippen LogP contribution in [0.4, 0.5) is 13.2 Å². The number of piperazine rings is 1. The van der Waals surface area contributed by atoms with Crippen LogP contribution in [0.1, 0.15) is 40.3 Å². The van der Waals surface area contributed by atoms with Crippen LogP contribution in [-0.4, -0.2) is 63.7 Å². The average Bonchev–Trinajstić information content (AvgIpc) is 3.13. The second kappa shape index (κ2) is 8.82. The van der Waals surface area contributed by atoms with E-state index in [1.165, 1.54) is 29.4 Å². The van der Waals surface area contributed by atoms with Crippen molar-refractivity contribution < 1.29 is 27.6 Å². The summed E-state index contributed by atoms with van der Waals surface area (Å²) in [6.45, 7) is 7.44. The molecule has 2 aliphatic heterocycles. The molecule has 5 heterocycles. The quantitative estimate of drug-likeness (QED) is 0.490. The van der Waals surface area contributed by atoms with Gasteiger partial charge >= 0.3 is 6.18 Å². The van der Waals surface area contributed by atoms with Crippen LogP contribution in [-0.2, 0) is 22.3 Å². The van der Waals surface area contributed by atoms with Crippen LogP contribution in [0, 0.1) is 24.2 Å². The van der Waals surface area contributed by atoms with Gasteiger partial charge in [-0.05, 0) is 36.1 Å². The Hall–Kier alpha value is -3.38. The third kappa shape index (κ3) is 4.11. The predicted molar refractivity (Wildman–Crippen MR) is 138 cm³/mol. The molecule has 0 aromatic carbocycles. The number of nitrogens with zero attached hydrogens (tertiary/aromatic N) is 4. The van der Waals surface area contributed by atoms with Crippen LogP contribution in [0.3, 0.4) is 0 Å². The fourth-order valence-corrected chi connectivity index (χ4v) is 6.99. The van der Waals surface area contributed by atoms with Crippen LogP contribution < -0.4 is 5.32 Å². The summed E-state index contributed by atoms with van der Waals surface area (Å²) in [5.74, 6) is -1.37. The Morgan fingerprint density at radius 3 is 2.46 bits per heavy atom. The van der Waals surface area contributed by atoms with Gasteiger partial charge in [0.1, 0.15) is 5.69 Å². The van der Waals surface area contributed by atoms with Crippen molar-refractivity contribution in [1.82, 2.24) is 25.1 Å². The summed E-state index contributed by atoms with van der Waals surface area (Å²) >= 11 is 1.24. The number of rotatable bonds is 4. The van der Waals surface area contributed by atoms with Crippen LogP contribution in [0.2, 0.25) is 0 Å². The second-order valence-corrected chi connectivity index (χ2v) is 12.0. The van der Waals surface area contributed by atoms with Gasteiger partial charge in [-0.3, -0.25) is 24.3 Å². The van der Waals surface area contributed by atoms with Gasteiger partial charge in [-0.1, -0.05) is 13.8 Å². The SMILES string of the molecule is Cc1cc(C(F)(F)F)nc(-c2ccnc3cc(CN4C(=O)C5C(C4=O)C5(C)C)sc23)c1C(=O)N1CCNCC1. The van der Waals surface area contributed by atoms with Gasteiger partial charge in [0.05, 0.1) is 39.9 Å². The van der Waals surface area contributed by atoms with Gasteiger partial charge in [-0.2, -0.15) is 13.2 Å². The number of aryl methyl sites for hydroxylation is 1. The highest BCUT2D eigenvalue weighted by atomic mass is 32.1. The molecule has 3 aromatic rings. The molecular formula is C27H26F3N5O3S. The van der Waals surface area contributed by atoms with Crippen molar-refractivity contribution in [3.05, 3.63) is 46.1 Å². The number of imide groups is 1. The molecule has 2 unspecified atom stereocenters. The number of halogens is 3. The Balaban J connectivity index is 1.43. The Labute approximate surface area is 226 Å². The highest BCUT2D eigenvalue weighted by molar-refractivity contribution is 7.19. The molecule has 1 aliphatic carbocycles. The largest absolute Gasteiger partial charge is 0.433 e. The lowest BCUT2D eigenvalue weighted by Crippen LogP contribution is -2.46. The predicted octanol–water partition coefficient (Wildman–Crippen LogP) is 3.87. The maximum absolute atomic E-state index is 13.8. The van der Waals surface area contributed by atoms with Gasteiger partial charge in [0.2, 0.25) is 11.8 Å². The minimum Gasteiger partial charge on any atom is -0.336 e. The van der Waals surface area contributed by atoms with Crippen molar-refractivity contribution in [1.29, 1.82) is 0 Å². The van der Waals surface area contributed by atoms with E-state index in [1.807, 2.05) is 13.8 Å². The smallest absolute Gasteiger partial charge is 0.336 e. The molecule has 3 aliphatic rings. The lowest BCUT2D eigenvalue weighted by molar-refractivity contribution is -0.144. The van der Waals surface area contributed by atoms with E-state index in [0.29, 0.717) is 46.8 Å². The van der Waals surface area contributed by atoms with E-state index in [1.54, 1.807) is 17.0 Å². The monoisotopic (exact) mass is 557 g/mol. The first-order valence-corrected chi connectivity index (χ1v) is 13.5. The number of pyridine rings is 2. The average molecular weight is 558 g/mol. The summed E-state index contributed by atoms with van der Waals surface area (Å²) in [7, 11) is 0. The Kier molecular flexibility index (Phi) is 5.85. The third-order valence-electron chi connectivity index (χ3n) is 8.05. The molecule has 2 atom stereocenters. The topological polar surface area (TPSA) is 95.5 Å². The van der Waals surface area contributed by atoms with Crippen molar-refractivity contribution in [2.75, 3.05) is 26.2 Å². The molecule has 1 saturated carbocycles. The molecule has 2 saturated heterocycles. The Morgan fingerprint density at radius 2 is 1.82 bits per heavy atom. The minimum atomic E-state index is -4.70. The molecule has 39 heavy (non-hydrogen) atoms. The van der Waals surface area contributed by atoms with Crippen LogP contribution >= 0.6 is 11.3 Å². The van der Waals surface area contributed by atoms with Gasteiger partial charge in [0.15, 0.2) is 0 Å². The first-order chi connectivity index (χ1) is 18.4. The van der Waals surface area contributed by atoms with E-state index >= 15 is 0 Å². The van der Waals surface area contributed by atoms with E-state index in [2.05, 4.69) is 15.3 Å². The lowest BCUT2D eigenvalue weighted by atomic mass is 9.99. The third-order valence-corrected chi connectivity index (χ3v) is 9.19. The molecule has 3 amide bonds. The molecule has 6 rings (SSSR count). The van der Waals surface area contributed by atoms with Crippen molar-refractivity contribution in [2.24, 2.45) is 17.3 Å². The number of aromatic nitrogens is 2. The number of amides is 3. The number of nitrogens with one attached hydrogen (secondary N) is 1. The Morgan fingerprint density at radius 1 is 1.15 bits per heavy atom. The van der Waals surface area contributed by atoms with Crippen LogP contribution in [0.5, 0.6) is 0 Å². The molecule has 1 N–H and O–H groups in total. The normalized spacial score (nSPS) is 22.5. The van der Waals surface area contributed by atoms with E-state index in [9.17, 15) is 27.6 Å². The van der Waals surface area contributed by atoms with Gasteiger partial charge in [0, 0.05) is 42.8 Å². The molecule has 12 heteroatoms. The maximum atomic E-state index is 13.8. The molecule has 0 bridgehead atoms. The standard InChI is InChI=1S/C27H26F3N5O3S/c1-13-10-17(27(28,29)30)33-21(18(13)23(36)34-8-6-31-7-9-34)15-4-5-32-16-11-14(39-22(15)16)12-35-24(37)19-20(25(35)38)26(19,2)3/h4-5,10-11,19-20,31H,6-9,12H2,1-3H3. The molecule has 3 aromatic heterocycles. The Bertz CT molecular complexity index is 1520. The highest BCUT2D eigenvalue weighted by Crippen LogP contribution is 2.63. The number of fused-ring (bicyclic) bond motifs is 2. The fourth-order valence-electron chi connectivity index (χ4n) is 5.88. The number of carbonyl (C=O) groups excluding carboxylic acids is 3. The second-order valence-electron chi connectivity index (χ2n) is 10.9. The van der Waals surface area contributed by atoms with Gasteiger partial charge in [-0.15, -0.1) is 11.3 Å². The van der Waals surface area contributed by atoms with Gasteiger partial charge in [-0.25, -0.2) is 4.98 Å². The van der Waals surface area contributed by atoms with E-state index in [-0.39, 0.29) is 58.3 Å². The summed E-state index contributed by atoms with van der Waals surface area (Å²) in [4.78, 5) is 51.2. The number of alkyl halides is 3. The molecule has 3 fully saturated rings. The van der Waals surface area contributed by atoms with Crippen LogP contribution in [0.25, 0.3) is 21.5 Å². The summed E-state index contributed by atoms with van der Waals surface area (Å²) in [5.41, 5.74) is -0.291. The minimum absolute atomic E-state index is 0.0528. The lowest BCUT2D eigenvalue weighted by Gasteiger charge is -2.29. The first kappa shape index (κ1) is 25.9. The van der Waals surface area contributed by atoms with Crippen molar-refractivity contribution in [2.45, 2.75) is 33.5 Å². The number of hydrogen-bond donors (Lipinski definition) is 1. The zero-order valence-electron chi connectivity index (χ0n) is 21.6. The summed E-state index contributed by atoms with van der Waals surface area (Å²) < 4.78 is 42.0. The molecular weight excluding hydrogens is 531 g/mol. The van der Waals surface area contributed by atoms with Gasteiger partial charge < -0.3 is 10.2 Å². The number of piperidine rings is 1. The van der Waals surface area contributed by atoms with E-state index in [4.69, 9.17) is 0 Å². The van der Waals surface area contributed by atoms with Crippen molar-refractivity contribution >= 4 is 39.3 Å². The molecule has 204 valence electrons. The van der Waals surface area contributed by atoms with Crippen molar-refractivity contribution in [3.63, 3.8) is 0 Å². The van der Waals surface area contributed by atoms with E-state index < -0.39 is 11.9 Å². The van der Waals surface area contributed by atoms with Gasteiger partial charge in [0.25, 0.3) is 5.91 Å². The zero-order chi connectivity index (χ0) is 27.9. The summed E-state index contributed by atoms with van der Waals surface area (Å²) in [6.07, 6.45) is -3.23. The highest BCUT2D eigenvalue weighted by Gasteiger charge is 2.72. The molecule has 0 radical (unpaired) electrons. The maximum Gasteiger partial charge on any atom is 0.433 e. The zero-order valence-corrected chi connectivity index (χ0v) is 22.4. The first-order valence-electron chi connectivity index (χ1n) is 12.7. The van der Waals surface area contributed by atoms with Crippen LogP contribution in [0.15, 0.2) is 24.4 Å². The molecule has 0 spiro atoms. The summed E-state index contributed by atoms with van der Waals surface area (Å²) in [5, 5.41) is 3.17. The number of likely N-dealkylation sites (tertiary alicyclic amines) is 1. The number of thiophene rings is 1. The summed E-state index contributed by atoms with van der Waals surface area (Å²) in [6, 6.07) is 4.20. The van der Waals surface area contributed by atoms with Crippen molar-refractivity contribution in [3.8, 4) is 11.3 Å². The number of hydrogen-bond acceptors (Lipinski definition) is 7. The molecule has 8 nitrogen and oxygen atoms in total. The fraction of sp³-hybridized carbons (Fsp3) is 0.444. The number of carbonyl (C=O) groups is 3.